The summed E-state index contributed by atoms with van der Waals surface area (Å²) in [6, 6.07) is -0.133. The number of nitrogens with two attached hydrogens (primary N) is 1. The average Bonchev–Trinajstić information content (AvgIpc) is 2.14. The Labute approximate surface area is 91.8 Å². The van der Waals surface area contributed by atoms with E-state index in [0.717, 1.165) is 32.1 Å². The molecule has 1 unspecified atom stereocenters. The van der Waals surface area contributed by atoms with Gasteiger partial charge in [-0.15, -0.1) is 6.42 Å². The van der Waals surface area contributed by atoms with Crippen LogP contribution in [0, 0.1) is 12.3 Å². The van der Waals surface area contributed by atoms with Crippen molar-refractivity contribution in [3.05, 3.63) is 0 Å². The molecule has 0 radical (unpaired) electrons. The second-order valence-electron chi connectivity index (χ2n) is 4.47. The van der Waals surface area contributed by atoms with E-state index in [4.69, 9.17) is 12.2 Å². The minimum absolute atomic E-state index is 0.00593. The van der Waals surface area contributed by atoms with Gasteiger partial charge in [-0.2, -0.15) is 0 Å². The molecule has 3 heteroatoms. The van der Waals surface area contributed by atoms with E-state index in [9.17, 15) is 4.79 Å². The van der Waals surface area contributed by atoms with E-state index >= 15 is 0 Å². The first-order chi connectivity index (χ1) is 7.09. The standard InChI is InChI=1S/C12H20N2O/c1-3-6-10(4-2)14-11(15)9-12(13)7-5-8-12/h2,10H,3,5-9,13H2,1H3,(H,14,15). The van der Waals surface area contributed by atoms with Crippen LogP contribution >= 0.6 is 0 Å². The molecule has 15 heavy (non-hydrogen) atoms. The molecule has 0 aromatic heterocycles. The van der Waals surface area contributed by atoms with Crippen molar-refractivity contribution in [3.8, 4) is 12.3 Å². The van der Waals surface area contributed by atoms with E-state index in [2.05, 4.69) is 11.2 Å². The van der Waals surface area contributed by atoms with E-state index in [1.54, 1.807) is 0 Å². The Morgan fingerprint density at radius 3 is 2.73 bits per heavy atom. The maximum atomic E-state index is 11.6. The van der Waals surface area contributed by atoms with Crippen molar-refractivity contribution in [3.63, 3.8) is 0 Å². The van der Waals surface area contributed by atoms with Gasteiger partial charge in [-0.05, 0) is 25.7 Å². The van der Waals surface area contributed by atoms with E-state index < -0.39 is 0 Å². The highest BCUT2D eigenvalue weighted by Gasteiger charge is 2.34. The highest BCUT2D eigenvalue weighted by atomic mass is 16.1. The van der Waals surface area contributed by atoms with Crippen molar-refractivity contribution in [2.45, 2.75) is 57.0 Å². The van der Waals surface area contributed by atoms with Crippen LogP contribution in [0.15, 0.2) is 0 Å². The summed E-state index contributed by atoms with van der Waals surface area (Å²) in [5.41, 5.74) is 5.73. The highest BCUT2D eigenvalue weighted by molar-refractivity contribution is 5.78. The van der Waals surface area contributed by atoms with Crippen molar-refractivity contribution in [1.29, 1.82) is 0 Å². The van der Waals surface area contributed by atoms with Crippen molar-refractivity contribution >= 4 is 5.91 Å². The first kappa shape index (κ1) is 12.1. The first-order valence-corrected chi connectivity index (χ1v) is 5.64. The van der Waals surface area contributed by atoms with Crippen molar-refractivity contribution in [2.75, 3.05) is 0 Å². The molecular weight excluding hydrogens is 188 g/mol. The maximum Gasteiger partial charge on any atom is 0.222 e. The van der Waals surface area contributed by atoms with E-state index in [0.29, 0.717) is 6.42 Å². The quantitative estimate of drug-likeness (QED) is 0.666. The lowest BCUT2D eigenvalue weighted by atomic mass is 9.75. The Morgan fingerprint density at radius 2 is 2.33 bits per heavy atom. The van der Waals surface area contributed by atoms with Gasteiger partial charge in [-0.1, -0.05) is 19.3 Å². The summed E-state index contributed by atoms with van der Waals surface area (Å²) in [5.74, 6) is 2.58. The zero-order valence-electron chi connectivity index (χ0n) is 9.38. The van der Waals surface area contributed by atoms with Gasteiger partial charge in [0.15, 0.2) is 0 Å². The number of hydrogen-bond donors (Lipinski definition) is 2. The fraction of sp³-hybridized carbons (Fsp3) is 0.750. The predicted molar refractivity (Wildman–Crippen MR) is 61.1 cm³/mol. The molecule has 1 aliphatic carbocycles. The molecule has 3 nitrogen and oxygen atoms in total. The van der Waals surface area contributed by atoms with E-state index in [1.807, 2.05) is 6.92 Å². The maximum absolute atomic E-state index is 11.6. The molecule has 3 N–H and O–H groups in total. The SMILES string of the molecule is C#CC(CCC)NC(=O)CC1(N)CCC1. The number of terminal acetylenes is 1. The second-order valence-corrected chi connectivity index (χ2v) is 4.47. The molecule has 1 amide bonds. The summed E-state index contributed by atoms with van der Waals surface area (Å²) in [6.07, 6.45) is 10.6. The minimum Gasteiger partial charge on any atom is -0.342 e. The number of carbonyl (C=O) groups is 1. The Bertz CT molecular complexity index is 263. The normalized spacial score (nSPS) is 19.8. The van der Waals surface area contributed by atoms with Gasteiger partial charge in [0.2, 0.25) is 5.91 Å². The van der Waals surface area contributed by atoms with E-state index in [1.165, 1.54) is 0 Å². The molecule has 1 aliphatic rings. The second kappa shape index (κ2) is 5.18. The molecule has 0 aromatic carbocycles. The third-order valence-corrected chi connectivity index (χ3v) is 2.98. The van der Waals surface area contributed by atoms with Gasteiger partial charge in [-0.25, -0.2) is 0 Å². The van der Waals surface area contributed by atoms with Crippen molar-refractivity contribution in [1.82, 2.24) is 5.32 Å². The fourth-order valence-electron chi connectivity index (χ4n) is 1.86. The molecule has 0 saturated heterocycles. The summed E-state index contributed by atoms with van der Waals surface area (Å²) < 4.78 is 0. The van der Waals surface area contributed by atoms with Crippen LogP contribution in [0.1, 0.15) is 45.4 Å². The number of hydrogen-bond acceptors (Lipinski definition) is 2. The van der Waals surface area contributed by atoms with Gasteiger partial charge in [0.05, 0.1) is 6.04 Å². The topological polar surface area (TPSA) is 55.1 Å². The summed E-state index contributed by atoms with van der Waals surface area (Å²) >= 11 is 0. The predicted octanol–water partition coefficient (Wildman–Crippen LogP) is 1.18. The number of nitrogens with one attached hydrogen (secondary N) is 1. The van der Waals surface area contributed by atoms with Crippen LogP contribution in [0.4, 0.5) is 0 Å². The summed E-state index contributed by atoms with van der Waals surface area (Å²) in [7, 11) is 0. The smallest absolute Gasteiger partial charge is 0.222 e. The monoisotopic (exact) mass is 208 g/mol. The first-order valence-electron chi connectivity index (χ1n) is 5.64. The molecule has 1 rings (SSSR count). The third-order valence-electron chi connectivity index (χ3n) is 2.98. The van der Waals surface area contributed by atoms with Crippen LogP contribution in [0.25, 0.3) is 0 Å². The van der Waals surface area contributed by atoms with Crippen molar-refractivity contribution < 1.29 is 4.79 Å². The van der Waals surface area contributed by atoms with Crippen LogP contribution < -0.4 is 11.1 Å². The fourth-order valence-corrected chi connectivity index (χ4v) is 1.86. The minimum atomic E-state index is -0.255. The summed E-state index contributed by atoms with van der Waals surface area (Å²) in [5, 5.41) is 2.84. The molecule has 0 spiro atoms. The van der Waals surface area contributed by atoms with Gasteiger partial charge in [-0.3, -0.25) is 4.79 Å². The number of rotatable bonds is 5. The van der Waals surface area contributed by atoms with Gasteiger partial charge < -0.3 is 11.1 Å². The number of amides is 1. The molecule has 0 bridgehead atoms. The van der Waals surface area contributed by atoms with Crippen LogP contribution in [-0.2, 0) is 4.79 Å². The van der Waals surface area contributed by atoms with Crippen LogP contribution in [0.2, 0.25) is 0 Å². The molecular formula is C12H20N2O. The van der Waals surface area contributed by atoms with Gasteiger partial charge in [0.25, 0.3) is 0 Å². The lowest BCUT2D eigenvalue weighted by Gasteiger charge is -2.37. The highest BCUT2D eigenvalue weighted by Crippen LogP contribution is 2.31. The van der Waals surface area contributed by atoms with Gasteiger partial charge in [0, 0.05) is 12.0 Å². The third kappa shape index (κ3) is 3.56. The summed E-state index contributed by atoms with van der Waals surface area (Å²) in [4.78, 5) is 11.6. The lowest BCUT2D eigenvalue weighted by Crippen LogP contribution is -2.50. The Morgan fingerprint density at radius 1 is 1.67 bits per heavy atom. The molecule has 1 atom stereocenters. The van der Waals surface area contributed by atoms with Crippen molar-refractivity contribution in [2.24, 2.45) is 5.73 Å². The Balaban J connectivity index is 2.31. The van der Waals surface area contributed by atoms with E-state index in [-0.39, 0.29) is 17.5 Å². The summed E-state index contributed by atoms with van der Waals surface area (Å²) in [6.45, 7) is 2.05. The number of carbonyl (C=O) groups excluding carboxylic acids is 1. The molecule has 0 heterocycles. The van der Waals surface area contributed by atoms with Gasteiger partial charge >= 0.3 is 0 Å². The molecule has 1 fully saturated rings. The largest absolute Gasteiger partial charge is 0.342 e. The zero-order chi connectivity index (χ0) is 11.3. The zero-order valence-corrected chi connectivity index (χ0v) is 9.38. The molecule has 84 valence electrons. The van der Waals surface area contributed by atoms with Gasteiger partial charge in [0.1, 0.15) is 0 Å². The molecule has 1 saturated carbocycles. The Kier molecular flexibility index (Phi) is 4.16. The van der Waals surface area contributed by atoms with Crippen LogP contribution in [-0.4, -0.2) is 17.5 Å². The van der Waals surface area contributed by atoms with Crippen LogP contribution in [0.3, 0.4) is 0 Å². The van der Waals surface area contributed by atoms with Crippen LogP contribution in [0.5, 0.6) is 0 Å². The Hall–Kier alpha value is -1.01. The average molecular weight is 208 g/mol. The molecule has 0 aliphatic heterocycles. The lowest BCUT2D eigenvalue weighted by molar-refractivity contribution is -0.123. The molecule has 0 aromatic rings.